The van der Waals surface area contributed by atoms with E-state index < -0.39 is 0 Å². The van der Waals surface area contributed by atoms with E-state index in [2.05, 4.69) is 10.3 Å². The molecule has 0 bridgehead atoms. The summed E-state index contributed by atoms with van der Waals surface area (Å²) < 4.78 is 0. The van der Waals surface area contributed by atoms with Crippen molar-refractivity contribution in [3.8, 4) is 11.3 Å². The third-order valence-electron chi connectivity index (χ3n) is 4.86. The normalized spacial score (nSPS) is 11.9. The monoisotopic (exact) mass is 413 g/mol. The standard InChI is InChI=1S/C25H23N3OS/c1-3-23(24(29)27-21-15-9-13-18-10-7-8-14-20(18)21)30-25-26-17(2)16-22(28-25)19-11-5-4-6-12-19/h4-16,23H,3H2,1-2H3,(H,27,29). The first-order chi connectivity index (χ1) is 14.6. The van der Waals surface area contributed by atoms with E-state index in [0.29, 0.717) is 11.6 Å². The van der Waals surface area contributed by atoms with E-state index in [1.54, 1.807) is 0 Å². The number of benzene rings is 3. The van der Waals surface area contributed by atoms with E-state index in [1.165, 1.54) is 11.8 Å². The molecule has 1 atom stereocenters. The highest BCUT2D eigenvalue weighted by molar-refractivity contribution is 8.00. The molecule has 1 unspecified atom stereocenters. The molecule has 0 saturated heterocycles. The molecule has 4 rings (SSSR count). The SMILES string of the molecule is CCC(Sc1nc(C)cc(-c2ccccc2)n1)C(=O)Nc1cccc2ccccc12. The van der Waals surface area contributed by atoms with Crippen LogP contribution in [-0.2, 0) is 4.79 Å². The minimum absolute atomic E-state index is 0.0368. The number of carbonyl (C=O) groups excluding carboxylic acids is 1. The van der Waals surface area contributed by atoms with Gasteiger partial charge in [0.25, 0.3) is 0 Å². The van der Waals surface area contributed by atoms with Crippen LogP contribution in [0.5, 0.6) is 0 Å². The van der Waals surface area contributed by atoms with Gasteiger partial charge in [-0.1, -0.05) is 85.4 Å². The molecule has 0 fully saturated rings. The first kappa shape index (κ1) is 20.1. The number of aryl methyl sites for hydroxylation is 1. The van der Waals surface area contributed by atoms with E-state index in [9.17, 15) is 4.79 Å². The van der Waals surface area contributed by atoms with Crippen LogP contribution >= 0.6 is 11.8 Å². The first-order valence-corrected chi connectivity index (χ1v) is 10.9. The second-order valence-corrected chi connectivity index (χ2v) is 8.24. The molecule has 4 aromatic rings. The summed E-state index contributed by atoms with van der Waals surface area (Å²) in [5, 5.41) is 5.57. The third kappa shape index (κ3) is 4.52. The Balaban J connectivity index is 1.56. The summed E-state index contributed by atoms with van der Waals surface area (Å²) >= 11 is 1.41. The van der Waals surface area contributed by atoms with E-state index in [-0.39, 0.29) is 11.2 Å². The molecule has 1 heterocycles. The van der Waals surface area contributed by atoms with Crippen molar-refractivity contribution >= 4 is 34.1 Å². The van der Waals surface area contributed by atoms with Gasteiger partial charge in [-0.05, 0) is 30.9 Å². The molecule has 30 heavy (non-hydrogen) atoms. The summed E-state index contributed by atoms with van der Waals surface area (Å²) in [6, 6.07) is 26.0. The maximum atomic E-state index is 13.0. The lowest BCUT2D eigenvalue weighted by Gasteiger charge is -2.16. The van der Waals surface area contributed by atoms with Gasteiger partial charge in [0.2, 0.25) is 5.91 Å². The van der Waals surface area contributed by atoms with Crippen molar-refractivity contribution in [1.29, 1.82) is 0 Å². The van der Waals surface area contributed by atoms with E-state index >= 15 is 0 Å². The maximum Gasteiger partial charge on any atom is 0.237 e. The number of amides is 1. The first-order valence-electron chi connectivity index (χ1n) is 10.0. The van der Waals surface area contributed by atoms with Crippen LogP contribution in [0.3, 0.4) is 0 Å². The number of fused-ring (bicyclic) bond motifs is 1. The Morgan fingerprint density at radius 2 is 1.70 bits per heavy atom. The van der Waals surface area contributed by atoms with Crippen LogP contribution in [-0.4, -0.2) is 21.1 Å². The fraction of sp³-hybridized carbons (Fsp3) is 0.160. The summed E-state index contributed by atoms with van der Waals surface area (Å²) in [6.45, 7) is 3.96. The molecule has 0 radical (unpaired) electrons. The minimum Gasteiger partial charge on any atom is -0.325 e. The summed E-state index contributed by atoms with van der Waals surface area (Å²) in [5.41, 5.74) is 3.62. The van der Waals surface area contributed by atoms with Gasteiger partial charge in [0.1, 0.15) is 0 Å². The predicted octanol–water partition coefficient (Wildman–Crippen LogP) is 6.11. The second-order valence-electron chi connectivity index (χ2n) is 7.07. The summed E-state index contributed by atoms with van der Waals surface area (Å²) in [5.74, 6) is -0.0368. The highest BCUT2D eigenvalue weighted by Crippen LogP contribution is 2.28. The van der Waals surface area contributed by atoms with E-state index in [4.69, 9.17) is 4.98 Å². The molecule has 3 aromatic carbocycles. The Morgan fingerprint density at radius 3 is 2.50 bits per heavy atom. The van der Waals surface area contributed by atoms with Crippen molar-refractivity contribution in [2.75, 3.05) is 5.32 Å². The lowest BCUT2D eigenvalue weighted by Crippen LogP contribution is -2.25. The quantitative estimate of drug-likeness (QED) is 0.306. The summed E-state index contributed by atoms with van der Waals surface area (Å²) in [6.07, 6.45) is 0.680. The number of hydrogen-bond acceptors (Lipinski definition) is 4. The van der Waals surface area contributed by atoms with Gasteiger partial charge < -0.3 is 5.32 Å². The number of aromatic nitrogens is 2. The van der Waals surface area contributed by atoms with Gasteiger partial charge in [-0.3, -0.25) is 4.79 Å². The molecule has 0 spiro atoms. The number of carbonyl (C=O) groups is 1. The number of rotatable bonds is 6. The van der Waals surface area contributed by atoms with Crippen LogP contribution < -0.4 is 5.32 Å². The Morgan fingerprint density at radius 1 is 0.967 bits per heavy atom. The molecule has 0 aliphatic heterocycles. The van der Waals surface area contributed by atoms with Crippen molar-refractivity contribution in [3.05, 3.63) is 84.6 Å². The van der Waals surface area contributed by atoms with Gasteiger partial charge in [0.15, 0.2) is 5.16 Å². The van der Waals surface area contributed by atoms with Gasteiger partial charge >= 0.3 is 0 Å². The highest BCUT2D eigenvalue weighted by Gasteiger charge is 2.21. The fourth-order valence-corrected chi connectivity index (χ4v) is 4.28. The average molecular weight is 414 g/mol. The molecule has 0 aliphatic rings. The Bertz CT molecular complexity index is 1170. The number of anilines is 1. The second kappa shape index (κ2) is 9.09. The van der Waals surface area contributed by atoms with Crippen LogP contribution in [0, 0.1) is 6.92 Å². The number of thioether (sulfide) groups is 1. The van der Waals surface area contributed by atoms with Crippen LogP contribution in [0.4, 0.5) is 5.69 Å². The molecular formula is C25H23N3OS. The molecule has 0 saturated carbocycles. The van der Waals surface area contributed by atoms with Gasteiger partial charge in [-0.2, -0.15) is 0 Å². The largest absolute Gasteiger partial charge is 0.325 e. The topological polar surface area (TPSA) is 54.9 Å². The number of nitrogens with one attached hydrogen (secondary N) is 1. The number of nitrogens with zero attached hydrogens (tertiary/aromatic N) is 2. The van der Waals surface area contributed by atoms with E-state index in [0.717, 1.165) is 33.4 Å². The smallest absolute Gasteiger partial charge is 0.237 e. The predicted molar refractivity (Wildman–Crippen MR) is 125 cm³/mol. The van der Waals surface area contributed by atoms with Gasteiger partial charge in [-0.15, -0.1) is 0 Å². The van der Waals surface area contributed by atoms with Crippen molar-refractivity contribution < 1.29 is 4.79 Å². The van der Waals surface area contributed by atoms with Crippen molar-refractivity contribution in [2.45, 2.75) is 30.7 Å². The lowest BCUT2D eigenvalue weighted by molar-refractivity contribution is -0.115. The van der Waals surface area contributed by atoms with Crippen molar-refractivity contribution in [1.82, 2.24) is 9.97 Å². The highest BCUT2D eigenvalue weighted by atomic mass is 32.2. The Kier molecular flexibility index (Phi) is 6.10. The van der Waals surface area contributed by atoms with Gasteiger partial charge in [-0.25, -0.2) is 9.97 Å². The Hall–Kier alpha value is -3.18. The molecule has 150 valence electrons. The number of hydrogen-bond donors (Lipinski definition) is 1. The summed E-state index contributed by atoms with van der Waals surface area (Å²) in [4.78, 5) is 22.3. The average Bonchev–Trinajstić information content (AvgIpc) is 2.78. The molecule has 1 amide bonds. The molecule has 5 heteroatoms. The van der Waals surface area contributed by atoms with Crippen molar-refractivity contribution in [3.63, 3.8) is 0 Å². The third-order valence-corrected chi connectivity index (χ3v) is 6.09. The molecule has 1 aromatic heterocycles. The summed E-state index contributed by atoms with van der Waals surface area (Å²) in [7, 11) is 0. The minimum atomic E-state index is -0.283. The fourth-order valence-electron chi connectivity index (χ4n) is 3.35. The zero-order chi connectivity index (χ0) is 20.9. The molecule has 1 N–H and O–H groups in total. The molecular weight excluding hydrogens is 390 g/mol. The Labute approximate surface area is 180 Å². The van der Waals surface area contributed by atoms with Crippen molar-refractivity contribution in [2.24, 2.45) is 0 Å². The molecule has 0 aliphatic carbocycles. The zero-order valence-corrected chi connectivity index (χ0v) is 17.8. The van der Waals surface area contributed by atoms with E-state index in [1.807, 2.05) is 92.7 Å². The van der Waals surface area contributed by atoms with Crippen LogP contribution in [0.15, 0.2) is 84.0 Å². The van der Waals surface area contributed by atoms with Gasteiger partial charge in [0, 0.05) is 22.3 Å². The van der Waals surface area contributed by atoms with Crippen LogP contribution in [0.25, 0.3) is 22.0 Å². The lowest BCUT2D eigenvalue weighted by atomic mass is 10.1. The maximum absolute atomic E-state index is 13.0. The molecule has 4 nitrogen and oxygen atoms in total. The van der Waals surface area contributed by atoms with Crippen LogP contribution in [0.1, 0.15) is 19.0 Å². The zero-order valence-electron chi connectivity index (χ0n) is 17.0. The van der Waals surface area contributed by atoms with Gasteiger partial charge in [0.05, 0.1) is 10.9 Å². The van der Waals surface area contributed by atoms with Crippen LogP contribution in [0.2, 0.25) is 0 Å².